The number of thiol groups is 1. The minimum atomic E-state index is -0.440. The van der Waals surface area contributed by atoms with Gasteiger partial charge in [0, 0.05) is 43.0 Å². The largest absolute Gasteiger partial charge is 0.490 e. The molecule has 0 radical (unpaired) electrons. The molecule has 0 aliphatic heterocycles. The molecule has 1 aromatic rings. The number of carbonyl (C=O) groups is 1. The first kappa shape index (κ1) is 17.4. The quantitative estimate of drug-likeness (QED) is 0.429. The summed E-state index contributed by atoms with van der Waals surface area (Å²) < 4.78 is 27.8. The van der Waals surface area contributed by atoms with Crippen LogP contribution in [-0.2, 0) is 4.79 Å². The maximum Gasteiger partial charge on any atom is 0.172 e. The number of rotatable bonds is 8. The van der Waals surface area contributed by atoms with Gasteiger partial charge in [0.15, 0.2) is 5.78 Å². The molecule has 0 atom stereocenters. The van der Waals surface area contributed by atoms with Crippen molar-refractivity contribution in [1.29, 1.82) is 0 Å². The van der Waals surface area contributed by atoms with Gasteiger partial charge in [-0.25, -0.2) is 4.39 Å². The van der Waals surface area contributed by atoms with Crippen LogP contribution in [0.1, 0.15) is 26.7 Å². The van der Waals surface area contributed by atoms with E-state index in [0.29, 0.717) is 17.5 Å². The molecule has 7 heteroatoms. The summed E-state index contributed by atoms with van der Waals surface area (Å²) in [4.78, 5) is 11.6. The van der Waals surface area contributed by atoms with E-state index < -0.39 is 5.82 Å². The molecule has 0 saturated heterocycles. The third-order valence-corrected chi connectivity index (χ3v) is 4.24. The average molecular weight is 345 g/mol. The van der Waals surface area contributed by atoms with Gasteiger partial charge in [0.2, 0.25) is 0 Å². The van der Waals surface area contributed by atoms with Crippen molar-refractivity contribution in [2.45, 2.75) is 38.8 Å². The fourth-order valence-corrected chi connectivity index (χ4v) is 2.82. The van der Waals surface area contributed by atoms with Gasteiger partial charge in [-0.1, -0.05) is 25.5 Å². The predicted octanol–water partition coefficient (Wildman–Crippen LogP) is 3.42. The lowest BCUT2D eigenvalue weighted by Crippen LogP contribution is -2.44. The highest BCUT2D eigenvalue weighted by atomic mass is 33.1. The highest BCUT2D eigenvalue weighted by Gasteiger charge is 2.30. The van der Waals surface area contributed by atoms with Crippen molar-refractivity contribution in [2.24, 2.45) is 5.92 Å². The molecule has 1 fully saturated rings. The van der Waals surface area contributed by atoms with Crippen LogP contribution in [0.2, 0.25) is 0 Å². The van der Waals surface area contributed by atoms with Crippen molar-refractivity contribution in [2.75, 3.05) is 6.61 Å². The van der Waals surface area contributed by atoms with E-state index in [1.807, 2.05) is 0 Å². The second-order valence-electron chi connectivity index (χ2n) is 5.65. The Labute approximate surface area is 139 Å². The van der Waals surface area contributed by atoms with Crippen LogP contribution in [-0.4, -0.2) is 24.5 Å². The molecular formula is C15H20FNO3S2. The molecule has 0 unspecified atom stereocenters. The maximum atomic E-state index is 13.6. The molecule has 1 N–H and O–H groups in total. The lowest BCUT2D eigenvalue weighted by molar-refractivity contribution is -0.123. The Balaban J connectivity index is 1.89. The van der Waals surface area contributed by atoms with Crippen LogP contribution in [0.15, 0.2) is 18.2 Å². The van der Waals surface area contributed by atoms with Crippen LogP contribution in [0.25, 0.3) is 0 Å². The minimum absolute atomic E-state index is 0.0242. The first-order valence-corrected chi connectivity index (χ1v) is 9.03. The Morgan fingerprint density at radius 2 is 2.09 bits per heavy atom. The van der Waals surface area contributed by atoms with Crippen LogP contribution >= 0.6 is 22.6 Å². The number of Topliss-reactive ketones (excluding diaryl/α,β-unsaturated/α-hetero) is 1. The van der Waals surface area contributed by atoms with Crippen molar-refractivity contribution in [3.63, 3.8) is 0 Å². The number of benzene rings is 1. The lowest BCUT2D eigenvalue weighted by atomic mass is 9.90. The Hall–Kier alpha value is -0.920. The monoisotopic (exact) mass is 345 g/mol. The average Bonchev–Trinajstić information content (AvgIpc) is 2.42. The zero-order valence-electron chi connectivity index (χ0n) is 12.5. The van der Waals surface area contributed by atoms with E-state index in [-0.39, 0.29) is 24.4 Å². The number of ether oxygens (including phenoxy) is 2. The van der Waals surface area contributed by atoms with E-state index >= 15 is 0 Å². The third-order valence-electron chi connectivity index (χ3n) is 3.49. The van der Waals surface area contributed by atoms with Gasteiger partial charge in [-0.2, -0.15) is 0 Å². The van der Waals surface area contributed by atoms with E-state index in [1.54, 1.807) is 19.9 Å². The standard InChI is InChI=1S/C15H20FNO3S2/c1-9(2)15(18)8-19-12-3-10(16)4-13(7-12)20-14-5-11(6-14)17-22-21/h3-4,7,9,11,14,17,21H,5-6,8H2,1-2H3. The number of ketones is 1. The molecule has 4 nitrogen and oxygen atoms in total. The molecular weight excluding hydrogens is 325 g/mol. The van der Waals surface area contributed by atoms with Gasteiger partial charge in [-0.05, 0) is 11.0 Å². The van der Waals surface area contributed by atoms with Gasteiger partial charge in [-0.15, -0.1) is 0 Å². The van der Waals surface area contributed by atoms with E-state index in [1.165, 1.54) is 23.1 Å². The van der Waals surface area contributed by atoms with Crippen molar-refractivity contribution in [3.8, 4) is 11.5 Å². The number of hydrogen-bond acceptors (Lipinski definition) is 6. The lowest BCUT2D eigenvalue weighted by Gasteiger charge is -2.35. The van der Waals surface area contributed by atoms with Crippen LogP contribution in [0.5, 0.6) is 11.5 Å². The van der Waals surface area contributed by atoms with Crippen molar-refractivity contribution in [3.05, 3.63) is 24.0 Å². The Morgan fingerprint density at radius 3 is 2.73 bits per heavy atom. The molecule has 122 valence electrons. The zero-order valence-corrected chi connectivity index (χ0v) is 14.3. The molecule has 0 bridgehead atoms. The van der Waals surface area contributed by atoms with Crippen LogP contribution in [0.3, 0.4) is 0 Å². The summed E-state index contributed by atoms with van der Waals surface area (Å²) >= 11 is 4.03. The van der Waals surface area contributed by atoms with Crippen molar-refractivity contribution < 1.29 is 18.7 Å². The van der Waals surface area contributed by atoms with Crippen LogP contribution in [0.4, 0.5) is 4.39 Å². The van der Waals surface area contributed by atoms with Gasteiger partial charge in [0.1, 0.15) is 30.0 Å². The summed E-state index contributed by atoms with van der Waals surface area (Å²) in [6, 6.07) is 4.57. The molecule has 1 saturated carbocycles. The van der Waals surface area contributed by atoms with E-state index in [0.717, 1.165) is 12.8 Å². The normalized spacial score (nSPS) is 20.6. The fraction of sp³-hybridized carbons (Fsp3) is 0.533. The van der Waals surface area contributed by atoms with Crippen LogP contribution in [0, 0.1) is 11.7 Å². The number of halogens is 1. The van der Waals surface area contributed by atoms with Crippen molar-refractivity contribution >= 4 is 28.4 Å². The fourth-order valence-electron chi connectivity index (χ4n) is 2.03. The molecule has 1 aliphatic carbocycles. The molecule has 2 rings (SSSR count). The summed E-state index contributed by atoms with van der Waals surface area (Å²) in [5, 5.41) is 0. The number of hydrogen-bond donors (Lipinski definition) is 2. The third kappa shape index (κ3) is 5.07. The van der Waals surface area contributed by atoms with Gasteiger partial charge in [0.25, 0.3) is 0 Å². The number of carbonyl (C=O) groups excluding carboxylic acids is 1. The van der Waals surface area contributed by atoms with E-state index in [9.17, 15) is 9.18 Å². The first-order chi connectivity index (χ1) is 10.5. The van der Waals surface area contributed by atoms with E-state index in [2.05, 4.69) is 16.4 Å². The van der Waals surface area contributed by atoms with Gasteiger partial charge < -0.3 is 9.47 Å². The molecule has 22 heavy (non-hydrogen) atoms. The molecule has 0 spiro atoms. The number of nitrogens with one attached hydrogen (secondary N) is 1. The first-order valence-electron chi connectivity index (χ1n) is 7.16. The van der Waals surface area contributed by atoms with Crippen molar-refractivity contribution in [1.82, 2.24) is 4.72 Å². The van der Waals surface area contributed by atoms with Gasteiger partial charge >= 0.3 is 0 Å². The summed E-state index contributed by atoms with van der Waals surface area (Å²) in [5.74, 6) is 0.166. The van der Waals surface area contributed by atoms with E-state index in [4.69, 9.17) is 9.47 Å². The molecule has 0 heterocycles. The predicted molar refractivity (Wildman–Crippen MR) is 88.9 cm³/mol. The molecule has 0 amide bonds. The maximum absolute atomic E-state index is 13.6. The second kappa shape index (κ2) is 8.08. The molecule has 0 aromatic heterocycles. The summed E-state index contributed by atoms with van der Waals surface area (Å²) in [6.45, 7) is 3.54. The molecule has 1 aromatic carbocycles. The Bertz CT molecular complexity index is 522. The SMILES string of the molecule is CC(C)C(=O)COc1cc(F)cc(OC2CC(NSS)C2)c1. The van der Waals surface area contributed by atoms with Gasteiger partial charge in [0.05, 0.1) is 0 Å². The Morgan fingerprint density at radius 1 is 1.41 bits per heavy atom. The Kier molecular flexibility index (Phi) is 6.40. The topological polar surface area (TPSA) is 47.6 Å². The zero-order chi connectivity index (χ0) is 16.1. The smallest absolute Gasteiger partial charge is 0.172 e. The highest BCUT2D eigenvalue weighted by molar-refractivity contribution is 8.67. The summed E-state index contributed by atoms with van der Waals surface area (Å²) in [5.41, 5.74) is 0. The summed E-state index contributed by atoms with van der Waals surface area (Å²) in [7, 11) is 1.29. The van der Waals surface area contributed by atoms with Crippen LogP contribution < -0.4 is 14.2 Å². The van der Waals surface area contributed by atoms with Gasteiger partial charge in [-0.3, -0.25) is 9.52 Å². The minimum Gasteiger partial charge on any atom is -0.490 e. The summed E-state index contributed by atoms with van der Waals surface area (Å²) in [6.07, 6.45) is 1.77. The molecule has 1 aliphatic rings. The second-order valence-corrected chi connectivity index (χ2v) is 6.62. The highest BCUT2D eigenvalue weighted by Crippen LogP contribution is 2.30.